The van der Waals surface area contributed by atoms with Gasteiger partial charge in [-0.15, -0.1) is 0 Å². The Kier molecular flexibility index (Phi) is 15.7. The minimum atomic E-state index is -1.46. The zero-order chi connectivity index (χ0) is 35.6. The number of alkyl halides is 1. The number of H-pyrrole nitrogens is 1. The van der Waals surface area contributed by atoms with Crippen molar-refractivity contribution in [2.75, 3.05) is 11.9 Å². The summed E-state index contributed by atoms with van der Waals surface area (Å²) in [6.07, 6.45) is 7.66. The highest BCUT2D eigenvalue weighted by Crippen LogP contribution is 2.40. The van der Waals surface area contributed by atoms with Gasteiger partial charge in [0.15, 0.2) is 19.7 Å². The van der Waals surface area contributed by atoms with Gasteiger partial charge >= 0.3 is 0 Å². The molecular weight excluding hydrogens is 812 g/mol. The fourth-order valence-corrected chi connectivity index (χ4v) is 8.67. The zero-order valence-electron chi connectivity index (χ0n) is 30.0. The van der Waals surface area contributed by atoms with Crippen LogP contribution in [-0.4, -0.2) is 37.9 Å². The summed E-state index contributed by atoms with van der Waals surface area (Å²) in [4.78, 5) is 9.97. The molecule has 256 valence electrons. The number of aromatic nitrogens is 2. The first-order valence-corrected chi connectivity index (χ1v) is 25.1. The molecule has 0 unspecified atom stereocenters. The number of benzene rings is 2. The van der Waals surface area contributed by atoms with Crippen molar-refractivity contribution in [1.82, 2.24) is 9.55 Å². The van der Waals surface area contributed by atoms with Gasteiger partial charge in [0, 0.05) is 61.6 Å². The van der Waals surface area contributed by atoms with Crippen LogP contribution in [0, 0.1) is 13.1 Å². The summed E-state index contributed by atoms with van der Waals surface area (Å²) in [5.41, 5.74) is 3.64. The maximum Gasteiger partial charge on any atom is 0.191 e. The van der Waals surface area contributed by atoms with E-state index in [2.05, 4.69) is 147 Å². The van der Waals surface area contributed by atoms with Gasteiger partial charge in [0.1, 0.15) is 0 Å². The van der Waals surface area contributed by atoms with Crippen molar-refractivity contribution in [3.05, 3.63) is 80.6 Å². The molecule has 0 saturated heterocycles. The van der Waals surface area contributed by atoms with Gasteiger partial charge in [-0.1, -0.05) is 95.2 Å². The molecular formula is C37H53Br3N4OSi2. The van der Waals surface area contributed by atoms with Crippen molar-refractivity contribution >= 4 is 97.4 Å². The van der Waals surface area contributed by atoms with Crippen LogP contribution in [0.15, 0.2) is 57.7 Å². The third-order valence-electron chi connectivity index (χ3n) is 9.72. The molecule has 4 rings (SSSR count). The summed E-state index contributed by atoms with van der Waals surface area (Å²) in [6.45, 7) is 39.6. The molecule has 0 saturated carbocycles. The average molecular weight is 866 g/mol. The fraction of sp³-hybridized carbons (Fsp3) is 0.514. The average Bonchev–Trinajstić information content (AvgIpc) is 3.52. The third-order valence-corrected chi connectivity index (χ3v) is 21.8. The Morgan fingerprint density at radius 3 is 1.96 bits per heavy atom. The predicted molar refractivity (Wildman–Crippen MR) is 221 cm³/mol. The van der Waals surface area contributed by atoms with E-state index >= 15 is 0 Å². The molecule has 10 heteroatoms. The Morgan fingerprint density at radius 2 is 1.40 bits per heavy atom. The molecule has 0 aliphatic carbocycles. The van der Waals surface area contributed by atoms with Crippen molar-refractivity contribution in [3.8, 4) is 0 Å². The van der Waals surface area contributed by atoms with Gasteiger partial charge in [-0.3, -0.25) is 0 Å². The second-order valence-corrected chi connectivity index (χ2v) is 28.3. The molecule has 0 radical (unpaired) electrons. The molecule has 1 N–H and O–H groups in total. The van der Waals surface area contributed by atoms with Crippen LogP contribution in [0.3, 0.4) is 0 Å². The summed E-state index contributed by atoms with van der Waals surface area (Å²) < 4.78 is 10.3. The predicted octanol–water partition coefficient (Wildman–Crippen LogP) is 14.5. The molecule has 2 aromatic carbocycles. The number of hydrogen-bond donors (Lipinski definition) is 1. The lowest BCUT2D eigenvalue weighted by Crippen LogP contribution is -2.41. The number of fused-ring (bicyclic) bond motifs is 2. The molecule has 0 aliphatic rings. The maximum absolute atomic E-state index is 7.15. The van der Waals surface area contributed by atoms with E-state index in [0.717, 1.165) is 50.1 Å². The number of halogens is 3. The van der Waals surface area contributed by atoms with E-state index < -0.39 is 16.4 Å². The summed E-state index contributed by atoms with van der Waals surface area (Å²) in [6, 6.07) is 12.9. The van der Waals surface area contributed by atoms with Crippen LogP contribution in [-0.2, 0) is 11.0 Å². The molecule has 0 spiro atoms. The third kappa shape index (κ3) is 12.0. The van der Waals surface area contributed by atoms with Gasteiger partial charge in [-0.05, 0) is 92.1 Å². The molecule has 5 nitrogen and oxygen atoms in total. The summed E-state index contributed by atoms with van der Waals surface area (Å²) in [7, 11) is -2.62. The molecule has 0 aliphatic heterocycles. The number of nitrogens with one attached hydrogen (secondary N) is 1. The van der Waals surface area contributed by atoms with Crippen molar-refractivity contribution in [2.24, 2.45) is 0 Å². The minimum absolute atomic E-state index is 0.347. The van der Waals surface area contributed by atoms with E-state index in [1.165, 1.54) is 24.4 Å². The standard InChI is InChI=1S/C19H27BrN2Si.C9H5BrN2.C9H21BrOSi/c1-19(2,3)23(5,6)12-8-7-11-22-14-17(20)16-13-15(21-4)9-10-18(16)22;1-11-6-2-3-9-7(4-6)8(10)5-12-9;1-9(2,3)12(4,5)11-8-6-7-10/h9-10,13-14H,7-8,11-12H2,1-3,5-6H3;2-5,12H;6-8H2,1-5H3. The Balaban J connectivity index is 0.000000270. The molecule has 0 bridgehead atoms. The molecule has 2 aromatic heterocycles. The Labute approximate surface area is 311 Å². The smallest absolute Gasteiger partial charge is 0.191 e. The van der Waals surface area contributed by atoms with E-state index in [0.29, 0.717) is 21.5 Å². The van der Waals surface area contributed by atoms with E-state index in [1.807, 2.05) is 30.5 Å². The van der Waals surface area contributed by atoms with E-state index in [9.17, 15) is 0 Å². The van der Waals surface area contributed by atoms with Crippen molar-refractivity contribution in [1.29, 1.82) is 0 Å². The number of nitrogens with zero attached hydrogens (tertiary/aromatic N) is 3. The Morgan fingerprint density at radius 1 is 0.809 bits per heavy atom. The van der Waals surface area contributed by atoms with E-state index in [-0.39, 0.29) is 0 Å². The topological polar surface area (TPSA) is 38.7 Å². The van der Waals surface area contributed by atoms with Crippen LogP contribution in [0.5, 0.6) is 0 Å². The lowest BCUT2D eigenvalue weighted by Gasteiger charge is -2.37. The van der Waals surface area contributed by atoms with Crippen LogP contribution in [0.25, 0.3) is 31.5 Å². The maximum atomic E-state index is 7.15. The summed E-state index contributed by atoms with van der Waals surface area (Å²) in [5, 5.41) is 4.07. The SMILES string of the molecule is CC(C)(C)[Si](C)(C)OCCCBr.[C-]#[N+]c1ccc2[nH]cc(Br)c2c1.[C-]#[N+]c1ccc2c(c1)c(Br)cn2CCCC[Si](C)(C)C(C)(C)C. The van der Waals surface area contributed by atoms with Gasteiger partial charge in [-0.2, -0.15) is 0 Å². The quantitative estimate of drug-likeness (QED) is 0.0774. The number of rotatable bonds is 9. The van der Waals surface area contributed by atoms with E-state index in [1.54, 1.807) is 6.07 Å². The Bertz CT molecular complexity index is 1680. The lowest BCUT2D eigenvalue weighted by molar-refractivity contribution is 0.289. The summed E-state index contributed by atoms with van der Waals surface area (Å²) >= 11 is 10.4. The van der Waals surface area contributed by atoms with Crippen molar-refractivity contribution in [3.63, 3.8) is 0 Å². The lowest BCUT2D eigenvalue weighted by atomic mass is 10.2. The van der Waals surface area contributed by atoms with Crippen LogP contribution in [0.2, 0.25) is 42.3 Å². The summed E-state index contributed by atoms with van der Waals surface area (Å²) in [5.74, 6) is 0. The van der Waals surface area contributed by atoms with Gasteiger partial charge < -0.3 is 14.0 Å². The molecule has 47 heavy (non-hydrogen) atoms. The van der Waals surface area contributed by atoms with Gasteiger partial charge in [0.2, 0.25) is 0 Å². The van der Waals surface area contributed by atoms with Gasteiger partial charge in [0.05, 0.1) is 21.2 Å². The number of hydrogen-bond acceptors (Lipinski definition) is 1. The Hall–Kier alpha value is -1.67. The van der Waals surface area contributed by atoms with E-state index in [4.69, 9.17) is 17.6 Å². The molecule has 0 amide bonds. The molecule has 0 atom stereocenters. The fourth-order valence-electron chi connectivity index (χ4n) is 4.46. The molecule has 2 heterocycles. The first-order valence-electron chi connectivity index (χ1n) is 16.3. The zero-order valence-corrected chi connectivity index (χ0v) is 36.7. The van der Waals surface area contributed by atoms with Crippen LogP contribution < -0.4 is 0 Å². The highest BCUT2D eigenvalue weighted by atomic mass is 79.9. The monoisotopic (exact) mass is 862 g/mol. The van der Waals surface area contributed by atoms with Gasteiger partial charge in [0.25, 0.3) is 0 Å². The number of aryl methyl sites for hydroxylation is 1. The van der Waals surface area contributed by atoms with Crippen LogP contribution in [0.1, 0.15) is 60.8 Å². The molecule has 0 fully saturated rings. The minimum Gasteiger partial charge on any atom is -0.417 e. The number of unbranched alkanes of at least 4 members (excludes halogenated alkanes) is 1. The first-order chi connectivity index (χ1) is 21.8. The molecule has 4 aromatic rings. The highest BCUT2D eigenvalue weighted by molar-refractivity contribution is 9.11. The first kappa shape index (κ1) is 41.5. The second-order valence-electron chi connectivity index (χ2n) is 15.2. The van der Waals surface area contributed by atoms with Crippen molar-refractivity contribution < 1.29 is 4.43 Å². The largest absolute Gasteiger partial charge is 0.417 e. The van der Waals surface area contributed by atoms with Crippen LogP contribution in [0.4, 0.5) is 11.4 Å². The normalized spacial score (nSPS) is 12.1. The highest BCUT2D eigenvalue weighted by Gasteiger charge is 2.36. The van der Waals surface area contributed by atoms with Gasteiger partial charge in [-0.25, -0.2) is 9.69 Å². The number of aromatic amines is 1. The second kappa shape index (κ2) is 17.8. The van der Waals surface area contributed by atoms with Crippen molar-refractivity contribution in [2.45, 2.75) is 110 Å². The van der Waals surface area contributed by atoms with Crippen LogP contribution >= 0.6 is 47.8 Å².